The SMILES string of the molecule is C=CC(C)(O)CC/C=C(\C)C(=O)OCC1OC(OC(C)=O)C(OC2OCC(OC3OCC(O)(CO)C3O)C(O)C2O)C(O)C1OC1OC(CO)C(OC(C)=O)C(O)C1O. The van der Waals surface area contributed by atoms with Crippen LogP contribution in [0.25, 0.3) is 0 Å². The van der Waals surface area contributed by atoms with Crippen LogP contribution in [0.4, 0.5) is 0 Å². The zero-order chi connectivity index (χ0) is 44.0. The first-order valence-electron chi connectivity index (χ1n) is 18.7. The van der Waals surface area contributed by atoms with E-state index >= 15 is 0 Å². The predicted octanol–water partition coefficient (Wildman–Crippen LogP) is -5.11. The summed E-state index contributed by atoms with van der Waals surface area (Å²) < 4.78 is 55.2. The van der Waals surface area contributed by atoms with Crippen LogP contribution in [-0.2, 0) is 61.8 Å². The lowest BCUT2D eigenvalue weighted by Gasteiger charge is -2.48. The third kappa shape index (κ3) is 12.0. The van der Waals surface area contributed by atoms with Crippen molar-refractivity contribution in [2.75, 3.05) is 33.0 Å². The second-order valence-corrected chi connectivity index (χ2v) is 15.0. The number of aliphatic hydroxyl groups excluding tert-OH is 8. The Hall–Kier alpha value is -2.79. The lowest BCUT2D eigenvalue weighted by Crippen LogP contribution is -2.67. The Bertz CT molecular complexity index is 1460. The van der Waals surface area contributed by atoms with Gasteiger partial charge in [-0.05, 0) is 26.7 Å². The van der Waals surface area contributed by atoms with Gasteiger partial charge >= 0.3 is 17.9 Å². The molecule has 4 aliphatic heterocycles. The van der Waals surface area contributed by atoms with Crippen molar-refractivity contribution in [3.8, 4) is 0 Å². The minimum Gasteiger partial charge on any atom is -0.459 e. The van der Waals surface area contributed by atoms with Crippen LogP contribution in [0, 0.1) is 0 Å². The molecule has 23 nitrogen and oxygen atoms in total. The normalized spacial score (nSPS) is 41.4. The van der Waals surface area contributed by atoms with Crippen molar-refractivity contribution < 1.29 is 113 Å². The maximum absolute atomic E-state index is 13.0. The van der Waals surface area contributed by atoms with Crippen molar-refractivity contribution in [3.05, 3.63) is 24.3 Å². The monoisotopic (exact) mass is 856 g/mol. The fourth-order valence-corrected chi connectivity index (χ4v) is 6.54. The van der Waals surface area contributed by atoms with E-state index in [-0.39, 0.29) is 18.4 Å². The molecule has 4 rings (SSSR count). The molecule has 0 aliphatic carbocycles. The van der Waals surface area contributed by atoms with Crippen LogP contribution in [-0.4, -0.2) is 212 Å². The lowest BCUT2D eigenvalue weighted by atomic mass is 9.96. The molecule has 4 saturated heterocycles. The van der Waals surface area contributed by atoms with Gasteiger partial charge in [-0.2, -0.15) is 0 Å². The van der Waals surface area contributed by atoms with Gasteiger partial charge < -0.3 is 98.4 Å². The first kappa shape index (κ1) is 48.9. The molecule has 4 heterocycles. The molecule has 0 spiro atoms. The van der Waals surface area contributed by atoms with Crippen molar-refractivity contribution in [1.29, 1.82) is 0 Å². The second kappa shape index (κ2) is 20.9. The Morgan fingerprint density at radius 2 is 1.41 bits per heavy atom. The third-order valence-electron chi connectivity index (χ3n) is 10.2. The summed E-state index contributed by atoms with van der Waals surface area (Å²) in [5, 5.41) is 106. The first-order chi connectivity index (χ1) is 27.7. The van der Waals surface area contributed by atoms with Gasteiger partial charge in [0.05, 0.1) is 32.0 Å². The third-order valence-corrected chi connectivity index (χ3v) is 10.2. The summed E-state index contributed by atoms with van der Waals surface area (Å²) in [6.45, 7) is 4.99. The van der Waals surface area contributed by atoms with Gasteiger partial charge in [-0.25, -0.2) is 4.79 Å². The number of aliphatic hydroxyl groups is 10. The zero-order valence-electron chi connectivity index (χ0n) is 32.8. The highest BCUT2D eigenvalue weighted by atomic mass is 16.8. The minimum absolute atomic E-state index is 0.107. The molecule has 0 aromatic carbocycles. The van der Waals surface area contributed by atoms with E-state index in [2.05, 4.69) is 6.58 Å². The molecule has 18 unspecified atom stereocenters. The van der Waals surface area contributed by atoms with Crippen LogP contribution >= 0.6 is 0 Å². The smallest absolute Gasteiger partial charge is 0.333 e. The summed E-state index contributed by atoms with van der Waals surface area (Å²) in [4.78, 5) is 36.9. The number of ether oxygens (including phenoxy) is 10. The van der Waals surface area contributed by atoms with Gasteiger partial charge in [0.1, 0.15) is 73.2 Å². The zero-order valence-corrected chi connectivity index (χ0v) is 32.8. The predicted molar refractivity (Wildman–Crippen MR) is 189 cm³/mol. The Balaban J connectivity index is 1.57. The van der Waals surface area contributed by atoms with Crippen molar-refractivity contribution in [1.82, 2.24) is 0 Å². The van der Waals surface area contributed by atoms with Gasteiger partial charge in [-0.3, -0.25) is 9.59 Å². The van der Waals surface area contributed by atoms with Crippen molar-refractivity contribution in [3.63, 3.8) is 0 Å². The Morgan fingerprint density at radius 1 is 0.780 bits per heavy atom. The summed E-state index contributed by atoms with van der Waals surface area (Å²) in [5.74, 6) is -2.72. The highest BCUT2D eigenvalue weighted by Gasteiger charge is 2.56. The number of allylic oxidation sites excluding steroid dienone is 1. The largest absolute Gasteiger partial charge is 0.459 e. The van der Waals surface area contributed by atoms with Crippen molar-refractivity contribution >= 4 is 17.9 Å². The summed E-state index contributed by atoms with van der Waals surface area (Å²) >= 11 is 0. The topological polar surface area (TPSA) is 346 Å². The molecule has 4 fully saturated rings. The maximum atomic E-state index is 13.0. The number of carbonyl (C=O) groups excluding carboxylic acids is 3. The van der Waals surface area contributed by atoms with E-state index < -0.39 is 161 Å². The van der Waals surface area contributed by atoms with Crippen LogP contribution < -0.4 is 0 Å². The van der Waals surface area contributed by atoms with Gasteiger partial charge in [-0.1, -0.05) is 12.2 Å². The molecule has 0 saturated carbocycles. The minimum atomic E-state index is -2.06. The van der Waals surface area contributed by atoms with Crippen molar-refractivity contribution in [2.24, 2.45) is 0 Å². The van der Waals surface area contributed by atoms with E-state index in [1.54, 1.807) is 0 Å². The molecule has 338 valence electrons. The quantitative estimate of drug-likeness (QED) is 0.0283. The molecule has 0 amide bonds. The van der Waals surface area contributed by atoms with E-state index in [4.69, 9.17) is 47.4 Å². The fraction of sp³-hybridized carbons (Fsp3) is 0.806. The average Bonchev–Trinajstić information content (AvgIpc) is 3.47. The molecular formula is C36H56O23. The Morgan fingerprint density at radius 3 is 2.00 bits per heavy atom. The number of rotatable bonds is 17. The van der Waals surface area contributed by atoms with Crippen LogP contribution in [0.15, 0.2) is 24.3 Å². The highest BCUT2D eigenvalue weighted by Crippen LogP contribution is 2.35. The molecule has 0 aromatic rings. The fourth-order valence-electron chi connectivity index (χ4n) is 6.54. The van der Waals surface area contributed by atoms with Gasteiger partial charge in [0.15, 0.2) is 31.1 Å². The molecule has 23 heteroatoms. The van der Waals surface area contributed by atoms with Gasteiger partial charge in [-0.15, -0.1) is 6.58 Å². The highest BCUT2D eigenvalue weighted by molar-refractivity contribution is 5.87. The van der Waals surface area contributed by atoms with Crippen LogP contribution in [0.5, 0.6) is 0 Å². The molecule has 0 aromatic heterocycles. The van der Waals surface area contributed by atoms with E-state index in [0.717, 1.165) is 13.8 Å². The van der Waals surface area contributed by atoms with Crippen LogP contribution in [0.3, 0.4) is 0 Å². The molecular weight excluding hydrogens is 800 g/mol. The molecule has 18 atom stereocenters. The number of hydrogen-bond donors (Lipinski definition) is 10. The Labute approximate surface area is 338 Å². The molecule has 4 aliphatic rings. The average molecular weight is 857 g/mol. The number of hydrogen-bond acceptors (Lipinski definition) is 23. The van der Waals surface area contributed by atoms with Gasteiger partial charge in [0, 0.05) is 19.4 Å². The van der Waals surface area contributed by atoms with E-state index in [1.807, 2.05) is 0 Å². The second-order valence-electron chi connectivity index (χ2n) is 15.0. The molecule has 0 bridgehead atoms. The molecule has 59 heavy (non-hydrogen) atoms. The summed E-state index contributed by atoms with van der Waals surface area (Å²) in [5.41, 5.74) is -3.16. The number of esters is 3. The standard InChI is InChI=1S/C36H56O23/c1-6-35(5,48)9-7-8-15(2)30(47)50-12-20-27(58-32-24(44)22(42)26(53-16(3)39)18(10-37)55-32)25(45)28(33(57-20)54-17(4)40)59-31-23(43)21(41)19(11-51-31)56-34-29(46)36(49,13-38)14-52-34/h6,8,18-29,31-34,37-38,41-46,48-49H,1,7,9-14H2,2-5H3/b15-8+. The summed E-state index contributed by atoms with van der Waals surface area (Å²) in [7, 11) is 0. The van der Waals surface area contributed by atoms with E-state index in [1.165, 1.54) is 26.0 Å². The summed E-state index contributed by atoms with van der Waals surface area (Å²) in [6, 6.07) is 0. The van der Waals surface area contributed by atoms with Crippen molar-refractivity contribution in [2.45, 2.75) is 150 Å². The molecule has 10 N–H and O–H groups in total. The first-order valence-corrected chi connectivity index (χ1v) is 18.7. The van der Waals surface area contributed by atoms with Crippen LogP contribution in [0.1, 0.15) is 40.5 Å². The van der Waals surface area contributed by atoms with Crippen LogP contribution in [0.2, 0.25) is 0 Å². The van der Waals surface area contributed by atoms with E-state index in [9.17, 15) is 65.4 Å². The van der Waals surface area contributed by atoms with Gasteiger partial charge in [0.2, 0.25) is 6.29 Å². The summed E-state index contributed by atoms with van der Waals surface area (Å²) in [6.07, 6.45) is -25.1. The lowest BCUT2D eigenvalue weighted by molar-refractivity contribution is -0.379. The van der Waals surface area contributed by atoms with E-state index in [0.29, 0.717) is 0 Å². The Kier molecular flexibility index (Phi) is 17.3. The van der Waals surface area contributed by atoms with Gasteiger partial charge in [0.25, 0.3) is 0 Å². The maximum Gasteiger partial charge on any atom is 0.333 e. The molecule has 0 radical (unpaired) electrons. The number of carbonyl (C=O) groups is 3.